The normalized spacial score (nSPS) is 9.88. The molecule has 24 heavy (non-hydrogen) atoms. The van der Waals surface area contributed by atoms with E-state index in [4.69, 9.17) is 21.6 Å². The fourth-order valence-corrected chi connectivity index (χ4v) is 1.46. The summed E-state index contributed by atoms with van der Waals surface area (Å²) in [5.41, 5.74) is -0.319. The number of rotatable bonds is 5. The molecule has 1 aromatic carbocycles. The van der Waals surface area contributed by atoms with Crippen molar-refractivity contribution in [3.05, 3.63) is 34.4 Å². The summed E-state index contributed by atoms with van der Waals surface area (Å²) >= 11 is 5.58. The summed E-state index contributed by atoms with van der Waals surface area (Å²) in [5.74, 6) is -3.16. The summed E-state index contributed by atoms with van der Waals surface area (Å²) in [7, 11) is -1.71. The summed E-state index contributed by atoms with van der Waals surface area (Å²) in [5, 5.41) is 20.9. The smallest absolute Gasteiger partial charge is 0.426 e. The Morgan fingerprint density at radius 1 is 1.17 bits per heavy atom. The molecule has 0 saturated carbocycles. The molecule has 0 bridgehead atoms. The molecule has 1 rings (SSSR count). The third-order valence-electron chi connectivity index (χ3n) is 2.15. The molecule has 0 aromatic heterocycles. The second-order valence-electron chi connectivity index (χ2n) is 5.45. The van der Waals surface area contributed by atoms with Crippen molar-refractivity contribution in [3.8, 4) is 0 Å². The van der Waals surface area contributed by atoms with Crippen LogP contribution in [0, 0.1) is 17.6 Å². The minimum Gasteiger partial charge on any atom is -0.426 e. The first kappa shape index (κ1) is 22.3. The molecule has 4 N–H and O–H groups in total. The number of carbonyl (C=O) groups excluding carboxylic acids is 2. The van der Waals surface area contributed by atoms with E-state index in [1.54, 1.807) is 0 Å². The lowest BCUT2D eigenvalue weighted by Crippen LogP contribution is -2.41. The number of hydrogen-bond acceptors (Lipinski definition) is 4. The van der Waals surface area contributed by atoms with Gasteiger partial charge in [0.05, 0.1) is 23.6 Å². The van der Waals surface area contributed by atoms with E-state index in [0.717, 1.165) is 5.92 Å². The molecule has 0 aliphatic rings. The van der Waals surface area contributed by atoms with E-state index in [9.17, 15) is 18.4 Å². The van der Waals surface area contributed by atoms with Crippen LogP contribution in [0.4, 0.5) is 8.78 Å². The Labute approximate surface area is 144 Å². The summed E-state index contributed by atoms with van der Waals surface area (Å²) in [6.45, 7) is 6.01. The SMILES string of the molecule is CC(C)C.O=C(CNC(=O)c1cc(F)c(F)cc1Cl)NCB(O)O. The first-order valence-electron chi connectivity index (χ1n) is 7.10. The molecule has 0 saturated heterocycles. The fraction of sp³-hybridized carbons (Fsp3) is 0.429. The predicted molar refractivity (Wildman–Crippen MR) is 87.4 cm³/mol. The molecule has 6 nitrogen and oxygen atoms in total. The number of halogens is 3. The van der Waals surface area contributed by atoms with Gasteiger partial charge in [-0.15, -0.1) is 0 Å². The molecule has 134 valence electrons. The van der Waals surface area contributed by atoms with Crippen molar-refractivity contribution in [3.63, 3.8) is 0 Å². The van der Waals surface area contributed by atoms with Crippen LogP contribution in [-0.2, 0) is 4.79 Å². The first-order valence-corrected chi connectivity index (χ1v) is 7.48. The summed E-state index contributed by atoms with van der Waals surface area (Å²) in [6.07, 6.45) is -0.402. The van der Waals surface area contributed by atoms with Gasteiger partial charge >= 0.3 is 7.12 Å². The van der Waals surface area contributed by atoms with E-state index in [2.05, 4.69) is 31.4 Å². The Morgan fingerprint density at radius 2 is 1.67 bits per heavy atom. The zero-order valence-corrected chi connectivity index (χ0v) is 14.3. The molecule has 0 radical (unpaired) electrons. The van der Waals surface area contributed by atoms with Gasteiger partial charge < -0.3 is 20.7 Å². The Hall–Kier alpha value is -1.71. The van der Waals surface area contributed by atoms with Gasteiger partial charge in [0, 0.05) is 0 Å². The van der Waals surface area contributed by atoms with E-state index < -0.39 is 43.6 Å². The molecule has 0 aliphatic carbocycles. The van der Waals surface area contributed by atoms with Crippen LogP contribution in [0.3, 0.4) is 0 Å². The van der Waals surface area contributed by atoms with Crippen LogP contribution in [0.5, 0.6) is 0 Å². The first-order chi connectivity index (χ1) is 11.0. The van der Waals surface area contributed by atoms with E-state index >= 15 is 0 Å². The highest BCUT2D eigenvalue weighted by atomic mass is 35.5. The van der Waals surface area contributed by atoms with Crippen LogP contribution in [0.25, 0.3) is 0 Å². The van der Waals surface area contributed by atoms with Crippen LogP contribution < -0.4 is 10.6 Å². The topological polar surface area (TPSA) is 98.7 Å². The number of hydrogen-bond donors (Lipinski definition) is 4. The monoisotopic (exact) mass is 364 g/mol. The van der Waals surface area contributed by atoms with Crippen LogP contribution in [0.2, 0.25) is 5.02 Å². The van der Waals surface area contributed by atoms with Crippen molar-refractivity contribution in [1.82, 2.24) is 10.6 Å². The van der Waals surface area contributed by atoms with Gasteiger partial charge in [-0.05, 0) is 18.1 Å². The third-order valence-corrected chi connectivity index (χ3v) is 2.46. The van der Waals surface area contributed by atoms with Gasteiger partial charge in [-0.2, -0.15) is 0 Å². The van der Waals surface area contributed by atoms with Gasteiger partial charge in [-0.25, -0.2) is 8.78 Å². The van der Waals surface area contributed by atoms with Crippen molar-refractivity contribution in [2.75, 3.05) is 13.0 Å². The maximum atomic E-state index is 13.0. The minimum atomic E-state index is -1.71. The molecule has 0 spiro atoms. The molecule has 1 aromatic rings. The standard InChI is InChI=1S/C10H10BClF2N2O4.C4H10/c12-6-2-8(14)7(13)1-5(6)10(18)15-3-9(17)16-4-11(19)20;1-4(2)3/h1-2,19-20H,3-4H2,(H,15,18)(H,16,17);4H,1-3H3. The molecule has 0 unspecified atom stereocenters. The van der Waals surface area contributed by atoms with Crippen molar-refractivity contribution < 1.29 is 28.4 Å². The lowest BCUT2D eigenvalue weighted by Gasteiger charge is -2.08. The lowest BCUT2D eigenvalue weighted by molar-refractivity contribution is -0.119. The molecule has 0 aliphatic heterocycles. The third kappa shape index (κ3) is 9.44. The molecule has 2 amide bonds. The Bertz CT molecular complexity index is 571. The molecular formula is C14H20BClF2N2O4. The minimum absolute atomic E-state index is 0.299. The number of benzene rings is 1. The van der Waals surface area contributed by atoms with Crippen molar-refractivity contribution in [2.45, 2.75) is 20.8 Å². The highest BCUT2D eigenvalue weighted by molar-refractivity contribution is 6.41. The maximum Gasteiger partial charge on any atom is 0.472 e. The van der Waals surface area contributed by atoms with Crippen LogP contribution in [0.15, 0.2) is 12.1 Å². The van der Waals surface area contributed by atoms with E-state index in [1.165, 1.54) is 0 Å². The number of carbonyl (C=O) groups is 2. The van der Waals surface area contributed by atoms with Crippen molar-refractivity contribution in [2.24, 2.45) is 5.92 Å². The van der Waals surface area contributed by atoms with E-state index in [0.29, 0.717) is 12.1 Å². The summed E-state index contributed by atoms with van der Waals surface area (Å²) in [4.78, 5) is 22.8. The Morgan fingerprint density at radius 3 is 2.17 bits per heavy atom. The van der Waals surface area contributed by atoms with Crippen LogP contribution in [-0.4, -0.2) is 42.0 Å². The molecule has 0 atom stereocenters. The second kappa shape index (κ2) is 11.0. The summed E-state index contributed by atoms with van der Waals surface area (Å²) in [6, 6.07) is 1.26. The number of nitrogens with one attached hydrogen (secondary N) is 2. The van der Waals surface area contributed by atoms with Gasteiger partial charge in [-0.3, -0.25) is 9.59 Å². The molecule has 10 heteroatoms. The lowest BCUT2D eigenvalue weighted by atomic mass is 9.92. The van der Waals surface area contributed by atoms with Gasteiger partial charge in [0.25, 0.3) is 5.91 Å². The largest absolute Gasteiger partial charge is 0.472 e. The van der Waals surface area contributed by atoms with Crippen molar-refractivity contribution in [1.29, 1.82) is 0 Å². The Kier molecular flexibility index (Phi) is 10.2. The maximum absolute atomic E-state index is 13.0. The van der Waals surface area contributed by atoms with Crippen LogP contribution in [0.1, 0.15) is 31.1 Å². The average Bonchev–Trinajstić information content (AvgIpc) is 2.45. The molecule has 0 heterocycles. The molecule has 0 fully saturated rings. The molecular weight excluding hydrogens is 344 g/mol. The van der Waals surface area contributed by atoms with Crippen LogP contribution >= 0.6 is 11.6 Å². The van der Waals surface area contributed by atoms with Gasteiger partial charge in [0.2, 0.25) is 5.91 Å². The van der Waals surface area contributed by atoms with Gasteiger partial charge in [0.15, 0.2) is 11.6 Å². The quantitative estimate of drug-likeness (QED) is 0.465. The second-order valence-corrected chi connectivity index (χ2v) is 5.85. The van der Waals surface area contributed by atoms with E-state index in [1.807, 2.05) is 0 Å². The predicted octanol–water partition coefficient (Wildman–Crippen LogP) is 1.14. The van der Waals surface area contributed by atoms with Gasteiger partial charge in [0.1, 0.15) is 0 Å². The highest BCUT2D eigenvalue weighted by Gasteiger charge is 2.16. The highest BCUT2D eigenvalue weighted by Crippen LogP contribution is 2.19. The zero-order chi connectivity index (χ0) is 18.9. The summed E-state index contributed by atoms with van der Waals surface area (Å²) < 4.78 is 25.8. The Balaban J connectivity index is 0.00000118. The average molecular weight is 365 g/mol. The fourth-order valence-electron chi connectivity index (χ4n) is 1.22. The van der Waals surface area contributed by atoms with E-state index in [-0.39, 0.29) is 10.6 Å². The van der Waals surface area contributed by atoms with Gasteiger partial charge in [-0.1, -0.05) is 32.4 Å². The number of amides is 2. The zero-order valence-electron chi connectivity index (χ0n) is 13.6. The van der Waals surface area contributed by atoms with Crippen molar-refractivity contribution >= 4 is 30.5 Å².